The summed E-state index contributed by atoms with van der Waals surface area (Å²) in [6.45, 7) is 7.03. The minimum atomic E-state index is -0.515. The van der Waals surface area contributed by atoms with Crippen LogP contribution in [0, 0.1) is 0 Å². The highest BCUT2D eigenvalue weighted by atomic mass is 16.5. The Bertz CT molecular complexity index is 685. The maximum Gasteiger partial charge on any atom is 0.263 e. The summed E-state index contributed by atoms with van der Waals surface area (Å²) in [6.07, 6.45) is -0.391. The molecule has 0 bridgehead atoms. The lowest BCUT2D eigenvalue weighted by atomic mass is 10.1. The summed E-state index contributed by atoms with van der Waals surface area (Å²) in [5.74, 6) is 0.762. The minimum absolute atomic E-state index is 0.0138. The first-order valence-electron chi connectivity index (χ1n) is 8.13. The number of carbonyl (C=O) groups is 1. The van der Waals surface area contributed by atoms with Gasteiger partial charge in [-0.25, -0.2) is 0 Å². The van der Waals surface area contributed by atoms with Crippen LogP contribution in [0.5, 0.6) is 5.75 Å². The van der Waals surface area contributed by atoms with Crippen molar-refractivity contribution in [3.8, 4) is 5.75 Å². The minimum Gasteiger partial charge on any atom is -0.480 e. The summed E-state index contributed by atoms with van der Waals surface area (Å²) in [4.78, 5) is 14.5. The van der Waals surface area contributed by atoms with Crippen molar-refractivity contribution in [3.05, 3.63) is 42.5 Å². The molecular formula is C19H23NO3. The van der Waals surface area contributed by atoms with Gasteiger partial charge in [-0.1, -0.05) is 36.4 Å². The SMILES string of the molecule is C[C@@H]1CN(C(=O)[C@H](C)Oc2cccc3ccccc23)C[C@@H](C)O1. The number of morpholine rings is 1. The lowest BCUT2D eigenvalue weighted by Gasteiger charge is -2.36. The van der Waals surface area contributed by atoms with Crippen LogP contribution in [-0.4, -0.2) is 42.2 Å². The molecule has 1 saturated heterocycles. The lowest BCUT2D eigenvalue weighted by molar-refractivity contribution is -0.149. The van der Waals surface area contributed by atoms with Gasteiger partial charge in [0, 0.05) is 18.5 Å². The maximum atomic E-state index is 12.7. The number of nitrogens with zero attached hydrogens (tertiary/aromatic N) is 1. The first-order chi connectivity index (χ1) is 11.0. The third kappa shape index (κ3) is 3.48. The van der Waals surface area contributed by atoms with Gasteiger partial charge < -0.3 is 14.4 Å². The molecule has 0 radical (unpaired) electrons. The van der Waals surface area contributed by atoms with E-state index in [4.69, 9.17) is 9.47 Å². The molecule has 23 heavy (non-hydrogen) atoms. The van der Waals surface area contributed by atoms with Crippen LogP contribution in [0.15, 0.2) is 42.5 Å². The van der Waals surface area contributed by atoms with Crippen molar-refractivity contribution >= 4 is 16.7 Å². The number of fused-ring (bicyclic) bond motifs is 1. The van der Waals surface area contributed by atoms with Gasteiger partial charge in [-0.05, 0) is 32.2 Å². The molecule has 1 fully saturated rings. The predicted molar refractivity (Wildman–Crippen MR) is 90.6 cm³/mol. The second-order valence-electron chi connectivity index (χ2n) is 6.24. The van der Waals surface area contributed by atoms with Crippen molar-refractivity contribution in [3.63, 3.8) is 0 Å². The summed E-state index contributed by atoms with van der Waals surface area (Å²) >= 11 is 0. The fraction of sp³-hybridized carbons (Fsp3) is 0.421. The summed E-state index contributed by atoms with van der Waals surface area (Å²) in [6, 6.07) is 13.9. The molecule has 3 rings (SSSR count). The number of hydrogen-bond donors (Lipinski definition) is 0. The fourth-order valence-electron chi connectivity index (χ4n) is 3.15. The van der Waals surface area contributed by atoms with E-state index in [9.17, 15) is 4.79 Å². The Labute approximate surface area is 137 Å². The van der Waals surface area contributed by atoms with Crippen LogP contribution in [-0.2, 0) is 9.53 Å². The van der Waals surface area contributed by atoms with Crippen LogP contribution in [0.2, 0.25) is 0 Å². The molecule has 0 spiro atoms. The zero-order valence-corrected chi connectivity index (χ0v) is 13.9. The van der Waals surface area contributed by atoms with Crippen LogP contribution in [0.3, 0.4) is 0 Å². The molecule has 0 aromatic heterocycles. The summed E-state index contributed by atoms with van der Waals surface area (Å²) < 4.78 is 11.7. The van der Waals surface area contributed by atoms with Gasteiger partial charge in [-0.2, -0.15) is 0 Å². The topological polar surface area (TPSA) is 38.8 Å². The fourth-order valence-corrected chi connectivity index (χ4v) is 3.15. The molecule has 4 nitrogen and oxygen atoms in total. The predicted octanol–water partition coefficient (Wildman–Crippen LogP) is 3.24. The van der Waals surface area contributed by atoms with Gasteiger partial charge in [-0.3, -0.25) is 4.79 Å². The quantitative estimate of drug-likeness (QED) is 0.873. The van der Waals surface area contributed by atoms with Crippen LogP contribution in [0.25, 0.3) is 10.8 Å². The molecule has 1 aliphatic rings. The zero-order chi connectivity index (χ0) is 16.4. The molecule has 2 aromatic carbocycles. The highest BCUT2D eigenvalue weighted by Crippen LogP contribution is 2.26. The standard InChI is InChI=1S/C19H23NO3/c1-13-11-20(12-14(2)22-13)19(21)15(3)23-18-10-6-8-16-7-4-5-9-17(16)18/h4-10,13-15H,11-12H2,1-3H3/t13-,14-,15+/m1/s1. The third-order valence-electron chi connectivity index (χ3n) is 4.13. The Morgan fingerprint density at radius 2 is 1.78 bits per heavy atom. The number of amides is 1. The molecule has 4 heteroatoms. The third-order valence-corrected chi connectivity index (χ3v) is 4.13. The molecular weight excluding hydrogens is 290 g/mol. The van der Waals surface area contributed by atoms with E-state index in [1.165, 1.54) is 0 Å². The van der Waals surface area contributed by atoms with Crippen molar-refractivity contribution in [2.75, 3.05) is 13.1 Å². The van der Waals surface area contributed by atoms with Crippen LogP contribution in [0.4, 0.5) is 0 Å². The molecule has 1 heterocycles. The number of ether oxygens (including phenoxy) is 2. The molecule has 0 unspecified atom stereocenters. The van der Waals surface area contributed by atoms with E-state index in [0.717, 1.165) is 16.5 Å². The average molecular weight is 313 g/mol. The van der Waals surface area contributed by atoms with Gasteiger partial charge in [0.25, 0.3) is 5.91 Å². The second-order valence-corrected chi connectivity index (χ2v) is 6.24. The maximum absolute atomic E-state index is 12.7. The van der Waals surface area contributed by atoms with E-state index in [2.05, 4.69) is 0 Å². The zero-order valence-electron chi connectivity index (χ0n) is 13.9. The van der Waals surface area contributed by atoms with Gasteiger partial charge in [-0.15, -0.1) is 0 Å². The summed E-state index contributed by atoms with van der Waals surface area (Å²) in [5.41, 5.74) is 0. The van der Waals surface area contributed by atoms with Crippen molar-refractivity contribution in [1.29, 1.82) is 0 Å². The second kappa shape index (κ2) is 6.59. The highest BCUT2D eigenvalue weighted by Gasteiger charge is 2.29. The normalized spacial score (nSPS) is 22.8. The van der Waals surface area contributed by atoms with E-state index >= 15 is 0 Å². The van der Waals surface area contributed by atoms with E-state index in [1.54, 1.807) is 0 Å². The highest BCUT2D eigenvalue weighted by molar-refractivity contribution is 5.89. The Kier molecular flexibility index (Phi) is 4.53. The van der Waals surface area contributed by atoms with E-state index < -0.39 is 6.10 Å². The Morgan fingerprint density at radius 3 is 2.52 bits per heavy atom. The van der Waals surface area contributed by atoms with Gasteiger partial charge in [0.2, 0.25) is 0 Å². The first kappa shape index (κ1) is 15.8. The van der Waals surface area contributed by atoms with E-state index in [0.29, 0.717) is 13.1 Å². The van der Waals surface area contributed by atoms with Crippen molar-refractivity contribution in [2.45, 2.75) is 39.1 Å². The van der Waals surface area contributed by atoms with Gasteiger partial charge >= 0.3 is 0 Å². The summed E-state index contributed by atoms with van der Waals surface area (Å²) in [7, 11) is 0. The van der Waals surface area contributed by atoms with Gasteiger partial charge in [0.05, 0.1) is 12.2 Å². The number of hydrogen-bond acceptors (Lipinski definition) is 3. The number of rotatable bonds is 3. The van der Waals surface area contributed by atoms with E-state index in [-0.39, 0.29) is 18.1 Å². The molecule has 0 N–H and O–H groups in total. The van der Waals surface area contributed by atoms with Gasteiger partial charge in [0.15, 0.2) is 6.10 Å². The Hall–Kier alpha value is -2.07. The molecule has 2 aromatic rings. The van der Waals surface area contributed by atoms with Crippen LogP contribution in [0.1, 0.15) is 20.8 Å². The lowest BCUT2D eigenvalue weighted by Crippen LogP contribution is -2.51. The molecule has 1 aliphatic heterocycles. The number of carbonyl (C=O) groups excluding carboxylic acids is 1. The molecule has 1 amide bonds. The van der Waals surface area contributed by atoms with Crippen LogP contribution < -0.4 is 4.74 Å². The van der Waals surface area contributed by atoms with Crippen molar-refractivity contribution in [1.82, 2.24) is 4.90 Å². The molecule has 3 atom stereocenters. The first-order valence-corrected chi connectivity index (χ1v) is 8.13. The average Bonchev–Trinajstić information content (AvgIpc) is 2.53. The van der Waals surface area contributed by atoms with Gasteiger partial charge in [0.1, 0.15) is 5.75 Å². The number of benzene rings is 2. The molecule has 0 aliphatic carbocycles. The van der Waals surface area contributed by atoms with Crippen molar-refractivity contribution < 1.29 is 14.3 Å². The Morgan fingerprint density at radius 1 is 1.13 bits per heavy atom. The Balaban J connectivity index is 1.75. The monoisotopic (exact) mass is 313 g/mol. The van der Waals surface area contributed by atoms with Crippen molar-refractivity contribution in [2.24, 2.45) is 0 Å². The largest absolute Gasteiger partial charge is 0.480 e. The smallest absolute Gasteiger partial charge is 0.263 e. The molecule has 0 saturated carbocycles. The van der Waals surface area contributed by atoms with Crippen LogP contribution >= 0.6 is 0 Å². The summed E-state index contributed by atoms with van der Waals surface area (Å²) in [5, 5.41) is 2.14. The molecule has 122 valence electrons. The van der Waals surface area contributed by atoms with E-state index in [1.807, 2.05) is 68.1 Å².